The van der Waals surface area contributed by atoms with Crippen molar-refractivity contribution in [1.82, 2.24) is 5.32 Å². The number of ether oxygens (including phenoxy) is 1. The molecular formula is C12H14ClNO3. The lowest BCUT2D eigenvalue weighted by Gasteiger charge is -2.24. The summed E-state index contributed by atoms with van der Waals surface area (Å²) in [5, 5.41) is 12.9. The van der Waals surface area contributed by atoms with Gasteiger partial charge in [0.2, 0.25) is 0 Å². The summed E-state index contributed by atoms with van der Waals surface area (Å²) in [7, 11) is 0. The number of halogens is 1. The zero-order valence-corrected chi connectivity index (χ0v) is 10.0. The van der Waals surface area contributed by atoms with Crippen LogP contribution in [-0.2, 0) is 4.79 Å². The SMILES string of the molecule is O=C(O)C1(COc2ccc(Cl)cc2)CCCN1. The van der Waals surface area contributed by atoms with Crippen LogP contribution in [0.1, 0.15) is 12.8 Å². The topological polar surface area (TPSA) is 58.6 Å². The lowest BCUT2D eigenvalue weighted by Crippen LogP contribution is -2.52. The molecule has 5 heteroatoms. The van der Waals surface area contributed by atoms with E-state index in [4.69, 9.17) is 16.3 Å². The third kappa shape index (κ3) is 2.70. The molecule has 1 aliphatic heterocycles. The molecular weight excluding hydrogens is 242 g/mol. The van der Waals surface area contributed by atoms with Crippen molar-refractivity contribution in [3.63, 3.8) is 0 Å². The molecule has 0 saturated carbocycles. The second-order valence-electron chi connectivity index (χ2n) is 4.16. The zero-order chi connectivity index (χ0) is 12.3. The normalized spacial score (nSPS) is 23.6. The number of carboxylic acid groups (broad SMARTS) is 1. The first-order valence-electron chi connectivity index (χ1n) is 5.49. The molecule has 1 heterocycles. The van der Waals surface area contributed by atoms with E-state index in [2.05, 4.69) is 5.32 Å². The number of nitrogens with one attached hydrogen (secondary N) is 1. The average molecular weight is 256 g/mol. The molecule has 1 saturated heterocycles. The van der Waals surface area contributed by atoms with E-state index in [1.54, 1.807) is 24.3 Å². The predicted molar refractivity (Wildman–Crippen MR) is 64.6 cm³/mol. The number of rotatable bonds is 4. The van der Waals surface area contributed by atoms with E-state index in [0.717, 1.165) is 13.0 Å². The van der Waals surface area contributed by atoms with Crippen LogP contribution in [-0.4, -0.2) is 29.8 Å². The minimum absolute atomic E-state index is 0.129. The Labute approximate surface area is 105 Å². The Hall–Kier alpha value is -1.26. The first-order chi connectivity index (χ1) is 8.12. The van der Waals surface area contributed by atoms with Gasteiger partial charge in [0.25, 0.3) is 0 Å². The molecule has 0 amide bonds. The molecule has 1 unspecified atom stereocenters. The maximum absolute atomic E-state index is 11.2. The van der Waals surface area contributed by atoms with Gasteiger partial charge in [0.05, 0.1) is 0 Å². The minimum atomic E-state index is -0.945. The first-order valence-corrected chi connectivity index (χ1v) is 5.87. The Balaban J connectivity index is 2.00. The van der Waals surface area contributed by atoms with Crippen LogP contribution in [0, 0.1) is 0 Å². The number of carboxylic acids is 1. The van der Waals surface area contributed by atoms with Crippen molar-refractivity contribution < 1.29 is 14.6 Å². The van der Waals surface area contributed by atoms with Crippen LogP contribution < -0.4 is 10.1 Å². The molecule has 1 aliphatic rings. The third-order valence-corrected chi connectivity index (χ3v) is 3.20. The highest BCUT2D eigenvalue weighted by Crippen LogP contribution is 2.22. The fourth-order valence-electron chi connectivity index (χ4n) is 1.91. The monoisotopic (exact) mass is 255 g/mol. The van der Waals surface area contributed by atoms with Gasteiger partial charge in [0.15, 0.2) is 5.54 Å². The van der Waals surface area contributed by atoms with Gasteiger partial charge in [-0.3, -0.25) is 10.1 Å². The molecule has 1 aromatic rings. The molecule has 0 radical (unpaired) electrons. The van der Waals surface area contributed by atoms with Gasteiger partial charge >= 0.3 is 5.97 Å². The van der Waals surface area contributed by atoms with E-state index in [-0.39, 0.29) is 6.61 Å². The van der Waals surface area contributed by atoms with Gasteiger partial charge in [-0.1, -0.05) is 11.6 Å². The molecule has 0 bridgehead atoms. The van der Waals surface area contributed by atoms with Crippen LogP contribution in [0.4, 0.5) is 0 Å². The maximum atomic E-state index is 11.2. The minimum Gasteiger partial charge on any atom is -0.491 e. The summed E-state index contributed by atoms with van der Waals surface area (Å²) in [6.07, 6.45) is 1.45. The highest BCUT2D eigenvalue weighted by molar-refractivity contribution is 6.30. The quantitative estimate of drug-likeness (QED) is 0.863. The van der Waals surface area contributed by atoms with Crippen molar-refractivity contribution in [1.29, 1.82) is 0 Å². The molecule has 1 aromatic carbocycles. The van der Waals surface area contributed by atoms with E-state index in [9.17, 15) is 9.90 Å². The molecule has 2 N–H and O–H groups in total. The molecule has 2 rings (SSSR count). The van der Waals surface area contributed by atoms with Crippen molar-refractivity contribution in [2.45, 2.75) is 18.4 Å². The number of carbonyl (C=O) groups is 1. The van der Waals surface area contributed by atoms with E-state index in [1.807, 2.05) is 0 Å². The number of aliphatic carboxylic acids is 1. The first kappa shape index (κ1) is 12.2. The fourth-order valence-corrected chi connectivity index (χ4v) is 2.04. The molecule has 0 spiro atoms. The Bertz CT molecular complexity index is 399. The van der Waals surface area contributed by atoms with Crippen molar-refractivity contribution >= 4 is 17.6 Å². The molecule has 0 aliphatic carbocycles. The van der Waals surface area contributed by atoms with E-state index in [1.165, 1.54) is 0 Å². The van der Waals surface area contributed by atoms with E-state index < -0.39 is 11.5 Å². The molecule has 4 nitrogen and oxygen atoms in total. The second kappa shape index (κ2) is 4.94. The molecule has 1 atom stereocenters. The van der Waals surface area contributed by atoms with Gasteiger partial charge in [-0.2, -0.15) is 0 Å². The van der Waals surface area contributed by atoms with E-state index >= 15 is 0 Å². The smallest absolute Gasteiger partial charge is 0.327 e. The molecule has 0 aromatic heterocycles. The number of hydrogen-bond donors (Lipinski definition) is 2. The largest absolute Gasteiger partial charge is 0.491 e. The van der Waals surface area contributed by atoms with Gasteiger partial charge in [-0.25, -0.2) is 0 Å². The van der Waals surface area contributed by atoms with Crippen LogP contribution >= 0.6 is 11.6 Å². The summed E-state index contributed by atoms with van der Waals surface area (Å²) in [4.78, 5) is 11.2. The summed E-state index contributed by atoms with van der Waals surface area (Å²) in [5.41, 5.74) is -0.945. The van der Waals surface area contributed by atoms with Gasteiger partial charge in [0.1, 0.15) is 12.4 Å². The Morgan fingerprint density at radius 1 is 1.47 bits per heavy atom. The maximum Gasteiger partial charge on any atom is 0.327 e. The average Bonchev–Trinajstić information content (AvgIpc) is 2.78. The zero-order valence-electron chi connectivity index (χ0n) is 9.28. The number of benzene rings is 1. The molecule has 92 valence electrons. The Morgan fingerprint density at radius 2 is 2.18 bits per heavy atom. The van der Waals surface area contributed by atoms with E-state index in [0.29, 0.717) is 17.2 Å². The van der Waals surface area contributed by atoms with Crippen LogP contribution in [0.3, 0.4) is 0 Å². The molecule has 17 heavy (non-hydrogen) atoms. The van der Waals surface area contributed by atoms with Crippen molar-refractivity contribution in [3.8, 4) is 5.75 Å². The van der Waals surface area contributed by atoms with Crippen molar-refractivity contribution in [3.05, 3.63) is 29.3 Å². The predicted octanol–water partition coefficient (Wildman–Crippen LogP) is 1.93. The summed E-state index contributed by atoms with van der Waals surface area (Å²) in [6.45, 7) is 0.847. The summed E-state index contributed by atoms with van der Waals surface area (Å²) in [5.74, 6) is -0.229. The Kier molecular flexibility index (Phi) is 3.54. The van der Waals surface area contributed by atoms with Crippen LogP contribution in [0.5, 0.6) is 5.75 Å². The second-order valence-corrected chi connectivity index (χ2v) is 4.60. The van der Waals surface area contributed by atoms with Crippen molar-refractivity contribution in [2.24, 2.45) is 0 Å². The summed E-state index contributed by atoms with van der Waals surface area (Å²) >= 11 is 5.75. The van der Waals surface area contributed by atoms with Gasteiger partial charge < -0.3 is 9.84 Å². The summed E-state index contributed by atoms with van der Waals surface area (Å²) in [6, 6.07) is 6.89. The standard InChI is InChI=1S/C12H14ClNO3/c13-9-2-4-10(5-3-9)17-8-12(11(15)16)6-1-7-14-12/h2-5,14H,1,6-8H2,(H,15,16). The summed E-state index contributed by atoms with van der Waals surface area (Å²) < 4.78 is 5.51. The third-order valence-electron chi connectivity index (χ3n) is 2.95. The van der Waals surface area contributed by atoms with Crippen LogP contribution in [0.15, 0.2) is 24.3 Å². The molecule has 1 fully saturated rings. The van der Waals surface area contributed by atoms with Gasteiger partial charge in [-0.15, -0.1) is 0 Å². The number of hydrogen-bond acceptors (Lipinski definition) is 3. The van der Waals surface area contributed by atoms with Gasteiger partial charge in [0, 0.05) is 5.02 Å². The van der Waals surface area contributed by atoms with Crippen LogP contribution in [0.25, 0.3) is 0 Å². The highest BCUT2D eigenvalue weighted by atomic mass is 35.5. The Morgan fingerprint density at radius 3 is 2.71 bits per heavy atom. The van der Waals surface area contributed by atoms with Crippen molar-refractivity contribution in [2.75, 3.05) is 13.2 Å². The highest BCUT2D eigenvalue weighted by Gasteiger charge is 2.42. The fraction of sp³-hybridized carbons (Fsp3) is 0.417. The van der Waals surface area contributed by atoms with Gasteiger partial charge in [-0.05, 0) is 43.7 Å². The lowest BCUT2D eigenvalue weighted by molar-refractivity contribution is -0.145. The van der Waals surface area contributed by atoms with Crippen LogP contribution in [0.2, 0.25) is 5.02 Å². The lowest BCUT2D eigenvalue weighted by atomic mass is 9.99.